The number of carbonyl (C=O) groups excluding carboxylic acids is 1. The zero-order valence-electron chi connectivity index (χ0n) is 13.3. The number of hydrogen-bond acceptors (Lipinski definition) is 3. The normalized spacial score (nSPS) is 13.6. The maximum absolute atomic E-state index is 13.0. The number of methoxy groups -OCH3 is 1. The molecule has 0 heterocycles. The van der Waals surface area contributed by atoms with Crippen LogP contribution in [-0.2, 0) is 14.9 Å². The van der Waals surface area contributed by atoms with E-state index in [0.717, 1.165) is 11.1 Å². The minimum atomic E-state index is -0.896. The van der Waals surface area contributed by atoms with Crippen molar-refractivity contribution in [3.8, 4) is 5.75 Å². The fourth-order valence-electron chi connectivity index (χ4n) is 3.16. The van der Waals surface area contributed by atoms with E-state index in [1.54, 1.807) is 12.1 Å². The molecular formula is C19H22O3. The number of phenolic OH excluding ortho intramolecular Hbond substituents is 1. The van der Waals surface area contributed by atoms with E-state index in [1.807, 2.05) is 50.2 Å². The molecule has 22 heavy (non-hydrogen) atoms. The average molecular weight is 298 g/mol. The second-order valence-electron chi connectivity index (χ2n) is 5.45. The molecule has 0 saturated heterocycles. The summed E-state index contributed by atoms with van der Waals surface area (Å²) in [5.41, 5.74) is 1.68. The molecule has 0 saturated carbocycles. The average Bonchev–Trinajstić information content (AvgIpc) is 2.52. The Bertz CT molecular complexity index is 616. The van der Waals surface area contributed by atoms with E-state index >= 15 is 0 Å². The summed E-state index contributed by atoms with van der Waals surface area (Å²) in [6.45, 7) is 3.96. The van der Waals surface area contributed by atoms with Gasteiger partial charge >= 0.3 is 0 Å². The molecule has 0 aliphatic carbocycles. The molecule has 0 bridgehead atoms. The van der Waals surface area contributed by atoms with Gasteiger partial charge in [-0.3, -0.25) is 4.79 Å². The third-order valence-electron chi connectivity index (χ3n) is 4.25. The lowest BCUT2D eigenvalue weighted by Crippen LogP contribution is -2.39. The molecule has 2 aromatic carbocycles. The van der Waals surface area contributed by atoms with Crippen molar-refractivity contribution in [1.29, 1.82) is 0 Å². The molecule has 0 aromatic heterocycles. The highest BCUT2D eigenvalue weighted by Crippen LogP contribution is 2.42. The number of hydrogen-bond donors (Lipinski definition) is 1. The summed E-state index contributed by atoms with van der Waals surface area (Å²) >= 11 is 0. The van der Waals surface area contributed by atoms with Crippen LogP contribution in [0.25, 0.3) is 0 Å². The molecule has 2 rings (SSSR count). The fourth-order valence-corrected chi connectivity index (χ4v) is 3.16. The molecule has 2 aromatic rings. The van der Waals surface area contributed by atoms with Crippen molar-refractivity contribution in [3.63, 3.8) is 0 Å². The van der Waals surface area contributed by atoms with Crippen molar-refractivity contribution in [2.45, 2.75) is 25.7 Å². The predicted octanol–water partition coefficient (Wildman–Crippen LogP) is 3.61. The van der Waals surface area contributed by atoms with E-state index in [0.29, 0.717) is 12.0 Å². The maximum Gasteiger partial charge on any atom is 0.173 e. The number of Topliss-reactive ketones (excluding diaryl/α,β-unsaturated/α-hetero) is 1. The Morgan fingerprint density at radius 3 is 2.23 bits per heavy atom. The standard InChI is InChI=1S/C19H22O3/c1-4-19(18(21)13-22-3,15-10-6-5-9-14(15)2)16-11-7-8-12-17(16)20/h5-12,20H,4,13H2,1-3H3. The van der Waals surface area contributed by atoms with Gasteiger partial charge in [0.25, 0.3) is 0 Å². The van der Waals surface area contributed by atoms with Crippen LogP contribution in [0.1, 0.15) is 30.0 Å². The van der Waals surface area contributed by atoms with Gasteiger partial charge in [0.05, 0.1) is 5.41 Å². The van der Waals surface area contributed by atoms with Gasteiger partial charge in [0.1, 0.15) is 12.4 Å². The van der Waals surface area contributed by atoms with Crippen LogP contribution in [0.15, 0.2) is 48.5 Å². The van der Waals surface area contributed by atoms with Crippen LogP contribution in [0.2, 0.25) is 0 Å². The third kappa shape index (κ3) is 2.64. The summed E-state index contributed by atoms with van der Waals surface area (Å²) in [6.07, 6.45) is 0.553. The molecule has 1 N–H and O–H groups in total. The molecule has 0 aliphatic heterocycles. The lowest BCUT2D eigenvalue weighted by Gasteiger charge is -2.34. The summed E-state index contributed by atoms with van der Waals surface area (Å²) in [7, 11) is 1.51. The minimum Gasteiger partial charge on any atom is -0.508 e. The number of ketones is 1. The molecule has 1 atom stereocenters. The zero-order valence-corrected chi connectivity index (χ0v) is 13.3. The topological polar surface area (TPSA) is 46.5 Å². The van der Waals surface area contributed by atoms with Crippen LogP contribution in [-0.4, -0.2) is 24.6 Å². The van der Waals surface area contributed by atoms with Gasteiger partial charge in [0.2, 0.25) is 0 Å². The summed E-state index contributed by atoms with van der Waals surface area (Å²) in [4.78, 5) is 13.0. The summed E-state index contributed by atoms with van der Waals surface area (Å²) in [5.74, 6) is 0.0883. The predicted molar refractivity (Wildman–Crippen MR) is 87.2 cm³/mol. The van der Waals surface area contributed by atoms with Gasteiger partial charge in [0, 0.05) is 12.7 Å². The highest BCUT2D eigenvalue weighted by atomic mass is 16.5. The van der Waals surface area contributed by atoms with Gasteiger partial charge in [0.15, 0.2) is 5.78 Å². The second kappa shape index (κ2) is 6.75. The van der Waals surface area contributed by atoms with E-state index in [-0.39, 0.29) is 18.1 Å². The van der Waals surface area contributed by atoms with E-state index < -0.39 is 5.41 Å². The van der Waals surface area contributed by atoms with Crippen LogP contribution in [0.3, 0.4) is 0 Å². The minimum absolute atomic E-state index is 0.0104. The maximum atomic E-state index is 13.0. The Morgan fingerprint density at radius 1 is 1.09 bits per heavy atom. The molecule has 116 valence electrons. The van der Waals surface area contributed by atoms with Gasteiger partial charge in [-0.1, -0.05) is 49.4 Å². The Balaban J connectivity index is 2.77. The SMILES string of the molecule is CCC(C(=O)COC)(c1ccccc1C)c1ccccc1O. The molecule has 0 spiro atoms. The number of ether oxygens (including phenoxy) is 1. The number of phenols is 1. The van der Waals surface area contributed by atoms with Gasteiger partial charge in [-0.05, 0) is 30.5 Å². The largest absolute Gasteiger partial charge is 0.508 e. The van der Waals surface area contributed by atoms with Crippen LogP contribution < -0.4 is 0 Å². The van der Waals surface area contributed by atoms with E-state index in [4.69, 9.17) is 4.74 Å². The van der Waals surface area contributed by atoms with Crippen molar-refractivity contribution in [2.75, 3.05) is 13.7 Å². The highest BCUT2D eigenvalue weighted by Gasteiger charge is 2.42. The molecule has 0 radical (unpaired) electrons. The molecule has 3 heteroatoms. The summed E-state index contributed by atoms with van der Waals surface area (Å²) in [5, 5.41) is 10.4. The van der Waals surface area contributed by atoms with Crippen LogP contribution in [0.5, 0.6) is 5.75 Å². The van der Waals surface area contributed by atoms with Crippen molar-refractivity contribution in [3.05, 3.63) is 65.2 Å². The zero-order chi connectivity index (χ0) is 16.2. The first-order valence-electron chi connectivity index (χ1n) is 7.44. The second-order valence-corrected chi connectivity index (χ2v) is 5.45. The number of carbonyl (C=O) groups is 1. The van der Waals surface area contributed by atoms with Crippen molar-refractivity contribution in [1.82, 2.24) is 0 Å². The number of rotatable bonds is 6. The monoisotopic (exact) mass is 298 g/mol. The summed E-state index contributed by atoms with van der Waals surface area (Å²) in [6, 6.07) is 14.9. The smallest absolute Gasteiger partial charge is 0.173 e. The fraction of sp³-hybridized carbons (Fsp3) is 0.316. The highest BCUT2D eigenvalue weighted by molar-refractivity contribution is 5.95. The van der Waals surface area contributed by atoms with E-state index in [1.165, 1.54) is 7.11 Å². The molecule has 0 amide bonds. The van der Waals surface area contributed by atoms with E-state index in [2.05, 4.69) is 0 Å². The molecular weight excluding hydrogens is 276 g/mol. The van der Waals surface area contributed by atoms with Gasteiger partial charge in [-0.2, -0.15) is 0 Å². The number of benzene rings is 2. The molecule has 1 unspecified atom stereocenters. The Hall–Kier alpha value is -2.13. The van der Waals surface area contributed by atoms with E-state index in [9.17, 15) is 9.90 Å². The molecule has 3 nitrogen and oxygen atoms in total. The Morgan fingerprint density at radius 2 is 1.68 bits per heavy atom. The van der Waals surface area contributed by atoms with Crippen molar-refractivity contribution in [2.24, 2.45) is 0 Å². The van der Waals surface area contributed by atoms with Crippen LogP contribution >= 0.6 is 0 Å². The Kier molecular flexibility index (Phi) is 4.99. The van der Waals surface area contributed by atoms with Gasteiger partial charge in [-0.15, -0.1) is 0 Å². The van der Waals surface area contributed by atoms with Gasteiger partial charge < -0.3 is 9.84 Å². The Labute approximate surface area is 131 Å². The quantitative estimate of drug-likeness (QED) is 0.886. The lowest BCUT2D eigenvalue weighted by atomic mass is 9.68. The first kappa shape index (κ1) is 16.2. The van der Waals surface area contributed by atoms with Crippen molar-refractivity contribution < 1.29 is 14.6 Å². The number of para-hydroxylation sites is 1. The van der Waals surface area contributed by atoms with Crippen LogP contribution in [0.4, 0.5) is 0 Å². The third-order valence-corrected chi connectivity index (χ3v) is 4.25. The number of aromatic hydroxyl groups is 1. The lowest BCUT2D eigenvalue weighted by molar-refractivity contribution is -0.127. The molecule has 0 fully saturated rings. The first-order chi connectivity index (χ1) is 10.6. The van der Waals surface area contributed by atoms with Crippen LogP contribution in [0, 0.1) is 6.92 Å². The molecule has 0 aliphatic rings. The van der Waals surface area contributed by atoms with Gasteiger partial charge in [-0.25, -0.2) is 0 Å². The first-order valence-corrected chi connectivity index (χ1v) is 7.44. The summed E-state index contributed by atoms with van der Waals surface area (Å²) < 4.78 is 5.10. The number of aryl methyl sites for hydroxylation is 1. The van der Waals surface area contributed by atoms with Crippen molar-refractivity contribution >= 4 is 5.78 Å².